The molecule has 2 N–H and O–H groups in total. The van der Waals surface area contributed by atoms with Gasteiger partial charge in [-0.2, -0.15) is 0 Å². The van der Waals surface area contributed by atoms with Crippen molar-refractivity contribution in [1.82, 2.24) is 4.98 Å². The van der Waals surface area contributed by atoms with Crippen LogP contribution in [-0.4, -0.2) is 22.7 Å². The van der Waals surface area contributed by atoms with Crippen LogP contribution in [0.4, 0.5) is 0 Å². The predicted octanol–water partition coefficient (Wildman–Crippen LogP) is 2.54. The van der Waals surface area contributed by atoms with Gasteiger partial charge in [0.15, 0.2) is 0 Å². The molecule has 0 aliphatic carbocycles. The van der Waals surface area contributed by atoms with Crippen molar-refractivity contribution in [2.24, 2.45) is 0 Å². The highest BCUT2D eigenvalue weighted by Gasteiger charge is 2.02. The normalized spacial score (nSPS) is 10.7. The van der Waals surface area contributed by atoms with Crippen LogP contribution in [0.3, 0.4) is 0 Å². The molecule has 0 saturated carbocycles. The lowest BCUT2D eigenvalue weighted by atomic mass is 10.1. The molecule has 5 heteroatoms. The van der Waals surface area contributed by atoms with Gasteiger partial charge in [-0.3, -0.25) is 4.79 Å². The van der Waals surface area contributed by atoms with E-state index in [4.69, 9.17) is 9.84 Å². The number of aliphatic carboxylic acids is 1. The lowest BCUT2D eigenvalue weighted by Crippen LogP contribution is -2.09. The van der Waals surface area contributed by atoms with Crippen molar-refractivity contribution >= 4 is 12.0 Å². The fourth-order valence-electron chi connectivity index (χ4n) is 1.84. The molecule has 0 aliphatic heterocycles. The Balaban J connectivity index is 2.27. The average molecular weight is 285 g/mol. The van der Waals surface area contributed by atoms with Crippen LogP contribution in [0.2, 0.25) is 0 Å². The van der Waals surface area contributed by atoms with E-state index in [1.807, 2.05) is 31.2 Å². The third kappa shape index (κ3) is 3.82. The highest BCUT2D eigenvalue weighted by atomic mass is 16.5. The van der Waals surface area contributed by atoms with E-state index in [0.29, 0.717) is 17.9 Å². The Morgan fingerprint density at radius 1 is 1.24 bits per heavy atom. The van der Waals surface area contributed by atoms with Gasteiger partial charge >= 0.3 is 5.97 Å². The van der Waals surface area contributed by atoms with Gasteiger partial charge in [-0.25, -0.2) is 4.79 Å². The lowest BCUT2D eigenvalue weighted by molar-refractivity contribution is -0.131. The van der Waals surface area contributed by atoms with E-state index >= 15 is 0 Å². The topological polar surface area (TPSA) is 79.4 Å². The molecule has 108 valence electrons. The molecule has 0 radical (unpaired) electrons. The number of carboxylic acid groups (broad SMARTS) is 1. The van der Waals surface area contributed by atoms with E-state index < -0.39 is 5.97 Å². The number of rotatable bonds is 5. The number of aromatic amines is 1. The summed E-state index contributed by atoms with van der Waals surface area (Å²) in [4.78, 5) is 25.0. The van der Waals surface area contributed by atoms with E-state index in [-0.39, 0.29) is 5.56 Å². The second-order valence-corrected chi connectivity index (χ2v) is 4.29. The molecule has 0 amide bonds. The van der Waals surface area contributed by atoms with Crippen molar-refractivity contribution < 1.29 is 14.6 Å². The third-order valence-corrected chi connectivity index (χ3v) is 2.82. The number of carboxylic acids is 1. The zero-order valence-electron chi connectivity index (χ0n) is 11.5. The molecular formula is C16H15NO4. The number of hydrogen-bond donors (Lipinski definition) is 2. The number of aromatic nitrogens is 1. The second kappa shape index (κ2) is 6.56. The number of ether oxygens (including phenoxy) is 1. The zero-order valence-corrected chi connectivity index (χ0v) is 11.5. The van der Waals surface area contributed by atoms with Crippen LogP contribution < -0.4 is 10.3 Å². The van der Waals surface area contributed by atoms with Crippen molar-refractivity contribution in [1.29, 1.82) is 0 Å². The summed E-state index contributed by atoms with van der Waals surface area (Å²) in [5, 5.41) is 8.56. The van der Waals surface area contributed by atoms with Crippen LogP contribution in [0.15, 0.2) is 47.3 Å². The molecule has 1 heterocycles. The van der Waals surface area contributed by atoms with Crippen LogP contribution >= 0.6 is 0 Å². The van der Waals surface area contributed by atoms with Crippen LogP contribution in [0.5, 0.6) is 5.75 Å². The lowest BCUT2D eigenvalue weighted by Gasteiger charge is -2.05. The molecular weight excluding hydrogens is 270 g/mol. The maximum Gasteiger partial charge on any atom is 0.328 e. The molecule has 1 aromatic carbocycles. The van der Waals surface area contributed by atoms with E-state index in [9.17, 15) is 9.59 Å². The Bertz CT molecular complexity index is 714. The molecule has 0 aliphatic rings. The fraction of sp³-hybridized carbons (Fsp3) is 0.125. The Morgan fingerprint density at radius 3 is 2.52 bits per heavy atom. The number of hydrogen-bond acceptors (Lipinski definition) is 3. The van der Waals surface area contributed by atoms with Gasteiger partial charge < -0.3 is 14.8 Å². The van der Waals surface area contributed by atoms with Gasteiger partial charge in [0.25, 0.3) is 5.56 Å². The summed E-state index contributed by atoms with van der Waals surface area (Å²) < 4.78 is 5.36. The standard InChI is InChI=1S/C16H15NO4/c1-2-21-13-7-3-11(4-8-13)14-9-5-12(16(20)17-14)6-10-15(18)19/h3-10H,2H2,1H3,(H,17,20)(H,18,19)/b10-6+. The Kier molecular flexibility index (Phi) is 4.56. The molecule has 21 heavy (non-hydrogen) atoms. The van der Waals surface area contributed by atoms with Gasteiger partial charge in [-0.1, -0.05) is 0 Å². The van der Waals surface area contributed by atoms with E-state index in [1.165, 1.54) is 6.08 Å². The zero-order chi connectivity index (χ0) is 15.2. The van der Waals surface area contributed by atoms with Crippen molar-refractivity contribution in [3.63, 3.8) is 0 Å². The number of pyridine rings is 1. The smallest absolute Gasteiger partial charge is 0.328 e. The molecule has 1 aromatic heterocycles. The first kappa shape index (κ1) is 14.6. The maximum atomic E-state index is 11.9. The van der Waals surface area contributed by atoms with Crippen molar-refractivity contribution in [2.75, 3.05) is 6.61 Å². The predicted molar refractivity (Wildman–Crippen MR) is 80.3 cm³/mol. The summed E-state index contributed by atoms with van der Waals surface area (Å²) >= 11 is 0. The molecule has 0 fully saturated rings. The Morgan fingerprint density at radius 2 is 1.95 bits per heavy atom. The number of nitrogens with one attached hydrogen (secondary N) is 1. The van der Waals surface area contributed by atoms with Crippen LogP contribution in [0.25, 0.3) is 17.3 Å². The van der Waals surface area contributed by atoms with Crippen LogP contribution in [0, 0.1) is 0 Å². The van der Waals surface area contributed by atoms with Gasteiger partial charge in [0.2, 0.25) is 0 Å². The molecule has 0 atom stereocenters. The van der Waals surface area contributed by atoms with E-state index in [2.05, 4.69) is 4.98 Å². The number of H-pyrrole nitrogens is 1. The first-order valence-corrected chi connectivity index (χ1v) is 6.47. The van der Waals surface area contributed by atoms with Gasteiger partial charge in [0.05, 0.1) is 6.61 Å². The first-order chi connectivity index (χ1) is 10.1. The molecule has 2 rings (SSSR count). The SMILES string of the molecule is CCOc1ccc(-c2ccc(/C=C/C(=O)O)c(=O)[nH]2)cc1. The summed E-state index contributed by atoms with van der Waals surface area (Å²) in [6, 6.07) is 10.7. The van der Waals surface area contributed by atoms with Crippen molar-refractivity contribution in [3.05, 3.63) is 58.4 Å². The molecule has 0 bridgehead atoms. The Hall–Kier alpha value is -2.82. The second-order valence-electron chi connectivity index (χ2n) is 4.29. The summed E-state index contributed by atoms with van der Waals surface area (Å²) in [6.07, 6.45) is 2.20. The third-order valence-electron chi connectivity index (χ3n) is 2.82. The summed E-state index contributed by atoms with van der Waals surface area (Å²) in [5.41, 5.74) is 1.48. The van der Waals surface area contributed by atoms with E-state index in [0.717, 1.165) is 17.4 Å². The van der Waals surface area contributed by atoms with Gasteiger partial charge in [0.1, 0.15) is 5.75 Å². The minimum atomic E-state index is -1.09. The van der Waals surface area contributed by atoms with Crippen LogP contribution in [0.1, 0.15) is 12.5 Å². The maximum absolute atomic E-state index is 11.9. The number of benzene rings is 1. The quantitative estimate of drug-likeness (QED) is 0.827. The van der Waals surface area contributed by atoms with Gasteiger partial charge in [0, 0.05) is 17.3 Å². The summed E-state index contributed by atoms with van der Waals surface area (Å²) in [5.74, 6) is -0.324. The summed E-state index contributed by atoms with van der Waals surface area (Å²) in [7, 11) is 0. The highest BCUT2D eigenvalue weighted by Crippen LogP contribution is 2.20. The molecule has 2 aromatic rings. The highest BCUT2D eigenvalue weighted by molar-refractivity contribution is 5.85. The number of carbonyl (C=O) groups is 1. The minimum absolute atomic E-state index is 0.298. The molecule has 5 nitrogen and oxygen atoms in total. The van der Waals surface area contributed by atoms with Crippen molar-refractivity contribution in [3.8, 4) is 17.0 Å². The van der Waals surface area contributed by atoms with Gasteiger partial charge in [-0.05, 0) is 55.0 Å². The largest absolute Gasteiger partial charge is 0.494 e. The molecule has 0 unspecified atom stereocenters. The van der Waals surface area contributed by atoms with Crippen LogP contribution in [-0.2, 0) is 4.79 Å². The average Bonchev–Trinajstić information content (AvgIpc) is 2.47. The minimum Gasteiger partial charge on any atom is -0.494 e. The molecule has 0 spiro atoms. The monoisotopic (exact) mass is 285 g/mol. The van der Waals surface area contributed by atoms with Gasteiger partial charge in [-0.15, -0.1) is 0 Å². The van der Waals surface area contributed by atoms with E-state index in [1.54, 1.807) is 12.1 Å². The Labute approximate surface area is 121 Å². The fourth-order valence-corrected chi connectivity index (χ4v) is 1.84. The van der Waals surface area contributed by atoms with Crippen molar-refractivity contribution in [2.45, 2.75) is 6.92 Å². The molecule has 0 saturated heterocycles. The first-order valence-electron chi connectivity index (χ1n) is 6.47. The summed E-state index contributed by atoms with van der Waals surface area (Å²) in [6.45, 7) is 2.51.